The molecule has 0 unspecified atom stereocenters. The Hall–Kier alpha value is -1.81. The van der Waals surface area contributed by atoms with Gasteiger partial charge in [0.1, 0.15) is 0 Å². The number of allylic oxidation sites excluding steroid dienone is 2. The van der Waals surface area contributed by atoms with Gasteiger partial charge in [0.2, 0.25) is 0 Å². The number of hydrogen-bond acceptors (Lipinski definition) is 4. The topological polar surface area (TPSA) is 38.8 Å². The van der Waals surface area contributed by atoms with Crippen molar-refractivity contribution in [3.63, 3.8) is 0 Å². The Balaban J connectivity index is 2.04. The Morgan fingerprint density at radius 3 is 2.76 bits per heavy atom. The van der Waals surface area contributed by atoms with E-state index >= 15 is 0 Å². The number of nitrogens with zero attached hydrogens (tertiary/aromatic N) is 1. The third kappa shape index (κ3) is 3.74. The zero-order valence-corrected chi connectivity index (χ0v) is 15.6. The van der Waals surface area contributed by atoms with Crippen LogP contribution in [-0.4, -0.2) is 38.0 Å². The molecule has 136 valence electrons. The van der Waals surface area contributed by atoms with Crippen molar-refractivity contribution in [3.8, 4) is 11.5 Å². The maximum absolute atomic E-state index is 11.7. The molecule has 4 heteroatoms. The monoisotopic (exact) mass is 343 g/mol. The van der Waals surface area contributed by atoms with Gasteiger partial charge in [0.15, 0.2) is 17.3 Å². The van der Waals surface area contributed by atoms with E-state index in [2.05, 4.69) is 37.1 Å². The Labute approximate surface area is 150 Å². The summed E-state index contributed by atoms with van der Waals surface area (Å²) in [4.78, 5) is 14.1. The van der Waals surface area contributed by atoms with Gasteiger partial charge in [-0.25, -0.2) is 0 Å². The van der Waals surface area contributed by atoms with Gasteiger partial charge in [0.05, 0.1) is 13.7 Å². The normalized spacial score (nSPS) is 23.4. The first-order valence-electron chi connectivity index (χ1n) is 9.33. The van der Waals surface area contributed by atoms with Gasteiger partial charge >= 0.3 is 0 Å². The van der Waals surface area contributed by atoms with Crippen molar-refractivity contribution in [3.05, 3.63) is 35.4 Å². The SMILES string of the molecule is CCCCOc1cc2c(cc1OC)[C@]1(C=CC(=O)CC1)CCN(C)C2. The summed E-state index contributed by atoms with van der Waals surface area (Å²) in [6.45, 7) is 4.78. The molecule has 0 N–H and O–H groups in total. The summed E-state index contributed by atoms with van der Waals surface area (Å²) in [7, 11) is 3.85. The minimum absolute atomic E-state index is 0.0662. The number of carbonyl (C=O) groups excluding carboxylic acids is 1. The largest absolute Gasteiger partial charge is 0.493 e. The van der Waals surface area contributed by atoms with Gasteiger partial charge in [0, 0.05) is 18.4 Å². The number of benzene rings is 1. The molecular weight excluding hydrogens is 314 g/mol. The van der Waals surface area contributed by atoms with Gasteiger partial charge in [-0.05, 0) is 62.2 Å². The summed E-state index contributed by atoms with van der Waals surface area (Å²) in [5.41, 5.74) is 2.51. The number of unbranched alkanes of at least 4 members (excludes halogenated alkanes) is 1. The maximum atomic E-state index is 11.7. The minimum Gasteiger partial charge on any atom is -0.493 e. The zero-order chi connectivity index (χ0) is 17.9. The molecule has 1 spiro atoms. The smallest absolute Gasteiger partial charge is 0.161 e. The predicted molar refractivity (Wildman–Crippen MR) is 99.4 cm³/mol. The van der Waals surface area contributed by atoms with Crippen molar-refractivity contribution >= 4 is 5.78 Å². The fourth-order valence-corrected chi connectivity index (χ4v) is 3.89. The number of ketones is 1. The average Bonchev–Trinajstić information content (AvgIpc) is 2.74. The molecule has 0 fully saturated rings. The molecule has 1 heterocycles. The number of rotatable bonds is 5. The lowest BCUT2D eigenvalue weighted by Gasteiger charge is -2.34. The number of fused-ring (bicyclic) bond motifs is 2. The van der Waals surface area contributed by atoms with Crippen LogP contribution < -0.4 is 9.47 Å². The molecule has 0 aromatic heterocycles. The van der Waals surface area contributed by atoms with Gasteiger partial charge in [-0.1, -0.05) is 19.4 Å². The quantitative estimate of drug-likeness (QED) is 0.761. The molecule has 25 heavy (non-hydrogen) atoms. The van der Waals surface area contributed by atoms with E-state index in [1.54, 1.807) is 13.2 Å². The van der Waals surface area contributed by atoms with Crippen LogP contribution in [0.1, 0.15) is 50.2 Å². The van der Waals surface area contributed by atoms with Crippen LogP contribution >= 0.6 is 0 Å². The number of methoxy groups -OCH3 is 1. The first-order chi connectivity index (χ1) is 12.1. The van der Waals surface area contributed by atoms with Crippen molar-refractivity contribution in [2.24, 2.45) is 0 Å². The molecule has 0 radical (unpaired) electrons. The van der Waals surface area contributed by atoms with E-state index in [4.69, 9.17) is 9.47 Å². The highest BCUT2D eigenvalue weighted by Crippen LogP contribution is 2.45. The molecule has 4 nitrogen and oxygen atoms in total. The molecule has 0 saturated carbocycles. The highest BCUT2D eigenvalue weighted by molar-refractivity contribution is 5.91. The van der Waals surface area contributed by atoms with Crippen molar-refractivity contribution in [1.82, 2.24) is 4.90 Å². The lowest BCUT2D eigenvalue weighted by atomic mass is 9.70. The van der Waals surface area contributed by atoms with E-state index in [0.29, 0.717) is 13.0 Å². The third-order valence-corrected chi connectivity index (χ3v) is 5.47. The lowest BCUT2D eigenvalue weighted by Crippen LogP contribution is -2.30. The average molecular weight is 343 g/mol. The summed E-state index contributed by atoms with van der Waals surface area (Å²) in [6, 6.07) is 4.30. The first kappa shape index (κ1) is 18.0. The van der Waals surface area contributed by atoms with Crippen LogP contribution in [0, 0.1) is 0 Å². The van der Waals surface area contributed by atoms with Crippen molar-refractivity contribution in [1.29, 1.82) is 0 Å². The van der Waals surface area contributed by atoms with Crippen molar-refractivity contribution in [2.45, 2.75) is 51.0 Å². The van der Waals surface area contributed by atoms with Crippen LogP contribution in [0.25, 0.3) is 0 Å². The van der Waals surface area contributed by atoms with Crippen LogP contribution in [0.2, 0.25) is 0 Å². The molecule has 0 saturated heterocycles. The van der Waals surface area contributed by atoms with Crippen molar-refractivity contribution in [2.75, 3.05) is 27.3 Å². The second-order valence-corrected chi connectivity index (χ2v) is 7.31. The highest BCUT2D eigenvalue weighted by Gasteiger charge is 2.37. The Bertz CT molecular complexity index is 667. The summed E-state index contributed by atoms with van der Waals surface area (Å²) in [5.74, 6) is 1.86. The summed E-state index contributed by atoms with van der Waals surface area (Å²) in [6.07, 6.45) is 8.58. The molecule has 0 bridgehead atoms. The maximum Gasteiger partial charge on any atom is 0.161 e. The minimum atomic E-state index is -0.0662. The molecule has 1 aliphatic carbocycles. The number of hydrogen-bond donors (Lipinski definition) is 0. The highest BCUT2D eigenvalue weighted by atomic mass is 16.5. The Morgan fingerprint density at radius 2 is 2.08 bits per heavy atom. The van der Waals surface area contributed by atoms with E-state index in [1.165, 1.54) is 11.1 Å². The van der Waals surface area contributed by atoms with Gasteiger partial charge in [0.25, 0.3) is 0 Å². The lowest BCUT2D eigenvalue weighted by molar-refractivity contribution is -0.115. The molecule has 0 amide bonds. The van der Waals surface area contributed by atoms with Crippen LogP contribution in [0.4, 0.5) is 0 Å². The van der Waals surface area contributed by atoms with Gasteiger partial charge in [-0.15, -0.1) is 0 Å². The zero-order valence-electron chi connectivity index (χ0n) is 15.6. The molecule has 1 aromatic carbocycles. The molecule has 2 aliphatic rings. The number of ether oxygens (including phenoxy) is 2. The summed E-state index contributed by atoms with van der Waals surface area (Å²) < 4.78 is 11.6. The molecular formula is C21H29NO3. The van der Waals surface area contributed by atoms with E-state index in [1.807, 2.05) is 0 Å². The first-order valence-corrected chi connectivity index (χ1v) is 9.33. The molecule has 3 rings (SSSR count). The Kier molecular flexibility index (Phi) is 5.48. The van der Waals surface area contributed by atoms with Crippen LogP contribution in [0.5, 0.6) is 11.5 Å². The number of carbonyl (C=O) groups is 1. The van der Waals surface area contributed by atoms with E-state index in [-0.39, 0.29) is 11.2 Å². The van der Waals surface area contributed by atoms with Gasteiger partial charge in [-0.2, -0.15) is 0 Å². The Morgan fingerprint density at radius 1 is 1.24 bits per heavy atom. The second kappa shape index (κ2) is 7.61. The van der Waals surface area contributed by atoms with Gasteiger partial charge < -0.3 is 14.4 Å². The third-order valence-electron chi connectivity index (χ3n) is 5.47. The standard InChI is InChI=1S/C21H29NO3/c1-4-5-12-25-20-13-16-15-22(2)11-10-21(8-6-17(23)7-9-21)18(16)14-19(20)24-3/h6,8,13-14H,4-5,7,9-12,15H2,1-3H3/t21-/m0/s1. The van der Waals surface area contributed by atoms with Crippen LogP contribution in [0.15, 0.2) is 24.3 Å². The van der Waals surface area contributed by atoms with E-state index in [9.17, 15) is 4.79 Å². The van der Waals surface area contributed by atoms with Crippen LogP contribution in [0.3, 0.4) is 0 Å². The van der Waals surface area contributed by atoms with Crippen LogP contribution in [-0.2, 0) is 16.8 Å². The van der Waals surface area contributed by atoms with E-state index < -0.39 is 0 Å². The van der Waals surface area contributed by atoms with Gasteiger partial charge in [-0.3, -0.25) is 4.79 Å². The molecule has 1 aromatic rings. The second-order valence-electron chi connectivity index (χ2n) is 7.31. The van der Waals surface area contributed by atoms with E-state index in [0.717, 1.165) is 50.3 Å². The fourth-order valence-electron chi connectivity index (χ4n) is 3.89. The summed E-state index contributed by atoms with van der Waals surface area (Å²) >= 11 is 0. The van der Waals surface area contributed by atoms with Crippen molar-refractivity contribution < 1.29 is 14.3 Å². The molecule has 1 aliphatic heterocycles. The fraction of sp³-hybridized carbons (Fsp3) is 0.571. The molecule has 1 atom stereocenters. The summed E-state index contributed by atoms with van der Waals surface area (Å²) in [5, 5.41) is 0. The predicted octanol–water partition coefficient (Wildman–Crippen LogP) is 3.87.